The number of pyridine rings is 1. The monoisotopic (exact) mass is 426 g/mol. The topological polar surface area (TPSA) is 83.8 Å². The fourth-order valence-corrected chi connectivity index (χ4v) is 4.47. The van der Waals surface area contributed by atoms with Crippen molar-refractivity contribution in [3.63, 3.8) is 0 Å². The Morgan fingerprint density at radius 1 is 1.16 bits per heavy atom. The fourth-order valence-electron chi connectivity index (χ4n) is 4.47. The third-order valence-electron chi connectivity index (χ3n) is 6.21. The number of aromatic amines is 1. The molecule has 0 radical (unpaired) electrons. The molecule has 5 aromatic rings. The highest BCUT2D eigenvalue weighted by atomic mass is 19.1. The Kier molecular flexibility index (Phi) is 4.19. The van der Waals surface area contributed by atoms with E-state index in [1.54, 1.807) is 30.6 Å². The van der Waals surface area contributed by atoms with Crippen molar-refractivity contribution in [1.82, 2.24) is 19.5 Å². The molecule has 2 aromatic carbocycles. The van der Waals surface area contributed by atoms with Crippen LogP contribution in [0.2, 0.25) is 0 Å². The van der Waals surface area contributed by atoms with Crippen LogP contribution in [-0.4, -0.2) is 24.6 Å². The van der Waals surface area contributed by atoms with Crippen LogP contribution in [0.5, 0.6) is 0 Å². The zero-order chi connectivity index (χ0) is 21.8. The van der Waals surface area contributed by atoms with Crippen molar-refractivity contribution in [3.05, 3.63) is 88.5 Å². The van der Waals surface area contributed by atoms with Gasteiger partial charge in [-0.25, -0.2) is 14.4 Å². The molecule has 0 amide bonds. The third kappa shape index (κ3) is 2.85. The summed E-state index contributed by atoms with van der Waals surface area (Å²) in [6.07, 6.45) is 7.00. The van der Waals surface area contributed by atoms with Crippen LogP contribution >= 0.6 is 0 Å². The molecule has 0 saturated heterocycles. The van der Waals surface area contributed by atoms with Crippen LogP contribution in [0.15, 0.2) is 66.0 Å². The molecular formula is C25H19FN4O2. The average molecular weight is 426 g/mol. The van der Waals surface area contributed by atoms with Crippen molar-refractivity contribution in [2.24, 2.45) is 0 Å². The van der Waals surface area contributed by atoms with Crippen molar-refractivity contribution < 1.29 is 9.50 Å². The van der Waals surface area contributed by atoms with Crippen LogP contribution in [0.4, 0.5) is 4.39 Å². The van der Waals surface area contributed by atoms with Crippen molar-refractivity contribution in [3.8, 4) is 16.9 Å². The lowest BCUT2D eigenvalue weighted by molar-refractivity contribution is 0.282. The highest BCUT2D eigenvalue weighted by Gasteiger charge is 2.25. The first-order valence-electron chi connectivity index (χ1n) is 10.5. The van der Waals surface area contributed by atoms with Gasteiger partial charge in [-0.05, 0) is 54.0 Å². The van der Waals surface area contributed by atoms with Crippen molar-refractivity contribution >= 4 is 21.8 Å². The second-order valence-corrected chi connectivity index (χ2v) is 8.16. The molecule has 3 heterocycles. The van der Waals surface area contributed by atoms with Crippen LogP contribution < -0.4 is 5.56 Å². The standard InChI is InChI=1S/C25H19FN4O2/c26-20-11-16(14-4-5-14)10-15-7-9-30(25(32)22(15)20)21-3-1-2-17(19(21)12-31)23-18-6-8-27-24(18)29-13-28-23/h1-3,6-11,13-14,31H,4-5,12H2,(H,27,28,29). The Morgan fingerprint density at radius 2 is 2.03 bits per heavy atom. The predicted octanol–water partition coefficient (Wildman–Crippen LogP) is 4.44. The SMILES string of the molecule is O=c1c2c(F)cc(C3CC3)cc2ccn1-c1cccc(-c2ncnc3[nH]ccc23)c1CO. The lowest BCUT2D eigenvalue weighted by Gasteiger charge is -2.16. The Bertz CT molecular complexity index is 1570. The largest absolute Gasteiger partial charge is 0.392 e. The van der Waals surface area contributed by atoms with E-state index in [9.17, 15) is 14.3 Å². The summed E-state index contributed by atoms with van der Waals surface area (Å²) < 4.78 is 16.4. The minimum atomic E-state index is -0.504. The molecule has 0 aliphatic heterocycles. The molecule has 2 N–H and O–H groups in total. The highest BCUT2D eigenvalue weighted by Crippen LogP contribution is 2.41. The zero-order valence-electron chi connectivity index (χ0n) is 17.0. The smallest absolute Gasteiger partial charge is 0.265 e. The van der Waals surface area contributed by atoms with Crippen LogP contribution in [0.3, 0.4) is 0 Å². The Balaban J connectivity index is 1.58. The third-order valence-corrected chi connectivity index (χ3v) is 6.21. The summed E-state index contributed by atoms with van der Waals surface area (Å²) in [6.45, 7) is -0.311. The van der Waals surface area contributed by atoms with Gasteiger partial charge in [0.1, 0.15) is 17.8 Å². The zero-order valence-corrected chi connectivity index (χ0v) is 17.0. The molecule has 1 aliphatic rings. The van der Waals surface area contributed by atoms with Gasteiger partial charge < -0.3 is 10.1 Å². The van der Waals surface area contributed by atoms with E-state index in [4.69, 9.17) is 0 Å². The van der Waals surface area contributed by atoms with Gasteiger partial charge in [0.25, 0.3) is 5.56 Å². The average Bonchev–Trinajstić information content (AvgIpc) is 3.55. The van der Waals surface area contributed by atoms with E-state index in [1.165, 1.54) is 17.0 Å². The van der Waals surface area contributed by atoms with Crippen molar-refractivity contribution in [2.75, 3.05) is 0 Å². The quantitative estimate of drug-likeness (QED) is 0.445. The van der Waals surface area contributed by atoms with E-state index in [-0.39, 0.29) is 12.0 Å². The molecule has 1 aliphatic carbocycles. The summed E-state index contributed by atoms with van der Waals surface area (Å²) in [6, 6.07) is 12.4. The second-order valence-electron chi connectivity index (χ2n) is 8.16. The van der Waals surface area contributed by atoms with Gasteiger partial charge in [0, 0.05) is 28.9 Å². The molecule has 0 spiro atoms. The van der Waals surface area contributed by atoms with Gasteiger partial charge in [-0.3, -0.25) is 9.36 Å². The summed E-state index contributed by atoms with van der Waals surface area (Å²) in [5, 5.41) is 11.7. The van der Waals surface area contributed by atoms with Crippen LogP contribution in [0, 0.1) is 5.82 Å². The molecule has 6 rings (SSSR count). The predicted molar refractivity (Wildman–Crippen MR) is 120 cm³/mol. The van der Waals surface area contributed by atoms with Gasteiger partial charge in [-0.1, -0.05) is 18.2 Å². The number of aliphatic hydroxyl groups excluding tert-OH is 1. The van der Waals surface area contributed by atoms with E-state index in [0.29, 0.717) is 39.5 Å². The minimum Gasteiger partial charge on any atom is -0.392 e. The maximum Gasteiger partial charge on any atom is 0.265 e. The highest BCUT2D eigenvalue weighted by molar-refractivity contribution is 5.92. The van der Waals surface area contributed by atoms with Gasteiger partial charge in [-0.15, -0.1) is 0 Å². The molecule has 1 fully saturated rings. The molecule has 0 atom stereocenters. The van der Waals surface area contributed by atoms with Crippen LogP contribution in [-0.2, 0) is 6.61 Å². The lowest BCUT2D eigenvalue weighted by atomic mass is 10.00. The van der Waals surface area contributed by atoms with E-state index < -0.39 is 11.4 Å². The number of rotatable bonds is 4. The first kappa shape index (κ1) is 18.9. The van der Waals surface area contributed by atoms with Crippen LogP contribution in [0.25, 0.3) is 38.8 Å². The Morgan fingerprint density at radius 3 is 2.84 bits per heavy atom. The number of hydrogen-bond donors (Lipinski definition) is 2. The normalized spacial score (nSPS) is 13.8. The first-order chi connectivity index (χ1) is 15.7. The van der Waals surface area contributed by atoms with Gasteiger partial charge in [0.2, 0.25) is 0 Å². The molecule has 158 valence electrons. The van der Waals surface area contributed by atoms with E-state index in [0.717, 1.165) is 23.8 Å². The number of H-pyrrole nitrogens is 1. The maximum atomic E-state index is 15.0. The van der Waals surface area contributed by atoms with Crippen molar-refractivity contribution in [2.45, 2.75) is 25.4 Å². The van der Waals surface area contributed by atoms with E-state index in [1.807, 2.05) is 18.2 Å². The maximum absolute atomic E-state index is 15.0. The van der Waals surface area contributed by atoms with Gasteiger partial charge in [-0.2, -0.15) is 0 Å². The van der Waals surface area contributed by atoms with Gasteiger partial charge >= 0.3 is 0 Å². The molecule has 7 heteroatoms. The van der Waals surface area contributed by atoms with E-state index in [2.05, 4.69) is 15.0 Å². The molecule has 32 heavy (non-hydrogen) atoms. The fraction of sp³-hybridized carbons (Fsp3) is 0.160. The molecule has 0 unspecified atom stereocenters. The number of nitrogens with one attached hydrogen (secondary N) is 1. The minimum absolute atomic E-state index is 0.0567. The summed E-state index contributed by atoms with van der Waals surface area (Å²) in [5.41, 5.74) is 3.54. The molecule has 6 nitrogen and oxygen atoms in total. The summed E-state index contributed by atoms with van der Waals surface area (Å²) in [7, 11) is 0. The van der Waals surface area contributed by atoms with Crippen molar-refractivity contribution in [1.29, 1.82) is 0 Å². The van der Waals surface area contributed by atoms with Crippen LogP contribution in [0.1, 0.15) is 29.9 Å². The molecular weight excluding hydrogens is 407 g/mol. The molecule has 0 bridgehead atoms. The lowest BCUT2D eigenvalue weighted by Crippen LogP contribution is -2.20. The Hall–Kier alpha value is -3.84. The first-order valence-corrected chi connectivity index (χ1v) is 10.5. The number of benzene rings is 2. The number of halogens is 1. The number of aromatic nitrogens is 4. The Labute approximate surface area is 182 Å². The van der Waals surface area contributed by atoms with Gasteiger partial charge in [0.05, 0.1) is 23.4 Å². The number of nitrogens with zero attached hydrogens (tertiary/aromatic N) is 3. The molecule has 3 aromatic heterocycles. The van der Waals surface area contributed by atoms with E-state index >= 15 is 0 Å². The summed E-state index contributed by atoms with van der Waals surface area (Å²) in [4.78, 5) is 25.0. The summed E-state index contributed by atoms with van der Waals surface area (Å²) in [5.74, 6) is -0.109. The number of fused-ring (bicyclic) bond motifs is 2. The summed E-state index contributed by atoms with van der Waals surface area (Å²) >= 11 is 0. The van der Waals surface area contributed by atoms with Gasteiger partial charge in [0.15, 0.2) is 0 Å². The molecule has 1 saturated carbocycles. The number of hydrogen-bond acceptors (Lipinski definition) is 4. The second kappa shape index (κ2) is 7.10. The number of aliphatic hydroxyl groups is 1.